The minimum Gasteiger partial charge on any atom is -0.444 e. The van der Waals surface area contributed by atoms with Gasteiger partial charge in [-0.3, -0.25) is 0 Å². The lowest BCUT2D eigenvalue weighted by Crippen LogP contribution is -2.44. The Hall–Kier alpha value is -5.63. The van der Waals surface area contributed by atoms with Gasteiger partial charge in [0, 0.05) is 103 Å². The van der Waals surface area contributed by atoms with Crippen LogP contribution in [0.5, 0.6) is 0 Å². The molecule has 6 aromatic rings. The summed E-state index contributed by atoms with van der Waals surface area (Å²) < 4.78 is 32.9. The van der Waals surface area contributed by atoms with Gasteiger partial charge in [0.2, 0.25) is 11.9 Å². The van der Waals surface area contributed by atoms with Gasteiger partial charge < -0.3 is 34.7 Å². The third kappa shape index (κ3) is 6.51. The molecular weight excluding hydrogens is 703 g/mol. The second-order valence-corrected chi connectivity index (χ2v) is 15.8. The molecule has 0 unspecified atom stereocenters. The number of anilines is 2. The maximum Gasteiger partial charge on any atom is 0.410 e. The van der Waals surface area contributed by atoms with E-state index in [2.05, 4.69) is 45.0 Å². The fourth-order valence-electron chi connectivity index (χ4n) is 9.32. The zero-order valence-electron chi connectivity index (χ0n) is 31.0. The van der Waals surface area contributed by atoms with Crippen LogP contribution >= 0.6 is 0 Å². The van der Waals surface area contributed by atoms with Gasteiger partial charge in [-0.05, 0) is 99.8 Å². The summed E-state index contributed by atoms with van der Waals surface area (Å²) >= 11 is 0. The van der Waals surface area contributed by atoms with Crippen molar-refractivity contribution in [2.24, 2.45) is 0 Å². The summed E-state index contributed by atoms with van der Waals surface area (Å²) in [6.07, 6.45) is 12.6. The Balaban J connectivity index is 0.000000149. The number of halogens is 2. The zero-order chi connectivity index (χ0) is 37.8. The molecule has 0 aliphatic carbocycles. The lowest BCUT2D eigenvalue weighted by molar-refractivity contribution is 0.0215. The third-order valence-electron chi connectivity index (χ3n) is 11.5. The molecule has 2 aromatic carbocycles. The Labute approximate surface area is 317 Å². The number of likely N-dealkylation sites (tertiary alicyclic amines) is 1. The van der Waals surface area contributed by atoms with Crippen molar-refractivity contribution >= 4 is 39.8 Å². The Morgan fingerprint density at radius 1 is 0.764 bits per heavy atom. The molecule has 284 valence electrons. The van der Waals surface area contributed by atoms with Crippen LogP contribution in [-0.2, 0) is 4.74 Å². The van der Waals surface area contributed by atoms with Gasteiger partial charge in [-0.25, -0.2) is 33.5 Å². The SMILES string of the molecule is CC(C)(C)OC(=O)N1CC[C@@H]2[C@H]1[C@@H](c1c[nH]c3cc(F)ccc13)CN2c1ncccn1.Fc1ccc2c([C@H]3CN(c4ncccn4)[C@@H]4CCN[C@H]34)c[nH]c2c1. The summed E-state index contributed by atoms with van der Waals surface area (Å²) in [6, 6.07) is 14.2. The van der Waals surface area contributed by atoms with Gasteiger partial charge in [-0.2, -0.15) is 0 Å². The van der Waals surface area contributed by atoms with Crippen molar-refractivity contribution < 1.29 is 18.3 Å². The van der Waals surface area contributed by atoms with Gasteiger partial charge in [-0.15, -0.1) is 0 Å². The number of hydrogen-bond acceptors (Lipinski definition) is 9. The predicted octanol–water partition coefficient (Wildman–Crippen LogP) is 6.51. The minimum atomic E-state index is -0.566. The van der Waals surface area contributed by atoms with Crippen LogP contribution in [0.15, 0.2) is 85.7 Å². The van der Waals surface area contributed by atoms with E-state index >= 15 is 0 Å². The van der Waals surface area contributed by atoms with E-state index in [1.165, 1.54) is 23.8 Å². The van der Waals surface area contributed by atoms with Crippen molar-refractivity contribution in [3.63, 3.8) is 0 Å². The smallest absolute Gasteiger partial charge is 0.410 e. The molecule has 14 heteroatoms. The molecule has 6 atom stereocenters. The van der Waals surface area contributed by atoms with E-state index in [0.717, 1.165) is 59.2 Å². The second-order valence-electron chi connectivity index (χ2n) is 15.8. The standard InChI is InChI=1S/C23H26FN5O2.C18H18FN5/c1-23(2,3)31-22(30)28-10-7-19-20(28)17(13-29(19)21-25-8-4-9-26-21)16-12-27-18-11-14(24)5-6-15(16)18;19-11-2-3-12-13(9-23-15(12)8-11)14-10-24(16-4-7-20-17(14)16)18-21-5-1-6-22-18/h4-6,8-9,11-12,17,19-20,27H,7,10,13H2,1-3H3;1-3,5-6,8-9,14,16-17,20,23H,4,7,10H2/t17-,19-,20-;14-,16-,17-/m11/s1. The number of nitrogens with one attached hydrogen (secondary N) is 3. The number of amides is 1. The van der Waals surface area contributed by atoms with Crippen LogP contribution in [0.4, 0.5) is 25.5 Å². The molecule has 4 aromatic heterocycles. The molecule has 8 heterocycles. The fourth-order valence-corrected chi connectivity index (χ4v) is 9.32. The summed E-state index contributed by atoms with van der Waals surface area (Å²) in [6.45, 7) is 8.79. The van der Waals surface area contributed by atoms with E-state index in [4.69, 9.17) is 4.74 Å². The van der Waals surface area contributed by atoms with Gasteiger partial charge in [0.25, 0.3) is 0 Å². The molecule has 3 N–H and O–H groups in total. The first-order chi connectivity index (χ1) is 26.6. The van der Waals surface area contributed by atoms with Crippen LogP contribution in [0.25, 0.3) is 21.8 Å². The molecule has 55 heavy (non-hydrogen) atoms. The van der Waals surface area contributed by atoms with Crippen molar-refractivity contribution in [1.29, 1.82) is 0 Å². The topological polar surface area (TPSA) is 131 Å². The van der Waals surface area contributed by atoms with Gasteiger partial charge in [0.15, 0.2) is 0 Å². The molecule has 4 saturated heterocycles. The van der Waals surface area contributed by atoms with Crippen molar-refractivity contribution in [2.45, 2.75) is 75.2 Å². The quantitative estimate of drug-likeness (QED) is 0.185. The number of rotatable bonds is 4. The largest absolute Gasteiger partial charge is 0.444 e. The molecule has 0 spiro atoms. The van der Waals surface area contributed by atoms with E-state index in [9.17, 15) is 13.6 Å². The van der Waals surface area contributed by atoms with Crippen molar-refractivity contribution in [3.05, 3.63) is 108 Å². The predicted molar refractivity (Wildman–Crippen MR) is 206 cm³/mol. The van der Waals surface area contributed by atoms with E-state index in [-0.39, 0.29) is 35.7 Å². The number of H-pyrrole nitrogens is 2. The minimum absolute atomic E-state index is 0.0167. The van der Waals surface area contributed by atoms with Crippen LogP contribution < -0.4 is 15.1 Å². The van der Waals surface area contributed by atoms with Crippen LogP contribution in [-0.4, -0.2) is 96.8 Å². The number of ether oxygens (including phenoxy) is 1. The van der Waals surface area contributed by atoms with Gasteiger partial charge in [0.1, 0.15) is 17.2 Å². The van der Waals surface area contributed by atoms with Crippen LogP contribution in [0, 0.1) is 11.6 Å². The molecular formula is C41H44F2N10O2. The van der Waals surface area contributed by atoms with Gasteiger partial charge in [0.05, 0.1) is 12.1 Å². The van der Waals surface area contributed by atoms with E-state index in [1.54, 1.807) is 43.0 Å². The monoisotopic (exact) mass is 746 g/mol. The lowest BCUT2D eigenvalue weighted by atomic mass is 9.91. The number of benzene rings is 2. The maximum atomic E-state index is 13.7. The third-order valence-corrected chi connectivity index (χ3v) is 11.5. The first-order valence-electron chi connectivity index (χ1n) is 19.0. The lowest BCUT2D eigenvalue weighted by Gasteiger charge is -2.31. The van der Waals surface area contributed by atoms with E-state index in [1.807, 2.05) is 50.2 Å². The molecule has 0 saturated carbocycles. The van der Waals surface area contributed by atoms with Crippen molar-refractivity contribution in [2.75, 3.05) is 36.0 Å². The molecule has 10 rings (SSSR count). The Morgan fingerprint density at radius 3 is 1.89 bits per heavy atom. The molecule has 0 radical (unpaired) electrons. The molecule has 4 fully saturated rings. The number of carbonyl (C=O) groups is 1. The first-order valence-corrected chi connectivity index (χ1v) is 19.0. The van der Waals surface area contributed by atoms with Crippen LogP contribution in [0.2, 0.25) is 0 Å². The Bertz CT molecular complexity index is 2310. The average Bonchev–Trinajstić information content (AvgIpc) is 4.02. The Kier molecular flexibility index (Phi) is 8.87. The van der Waals surface area contributed by atoms with E-state index in [0.29, 0.717) is 37.0 Å². The zero-order valence-corrected chi connectivity index (χ0v) is 31.0. The van der Waals surface area contributed by atoms with Gasteiger partial charge in [-0.1, -0.05) is 0 Å². The molecule has 4 aliphatic heterocycles. The first kappa shape index (κ1) is 35.1. The highest BCUT2D eigenvalue weighted by molar-refractivity contribution is 5.85. The summed E-state index contributed by atoms with van der Waals surface area (Å²) in [5, 5.41) is 5.72. The summed E-state index contributed by atoms with van der Waals surface area (Å²) in [7, 11) is 0. The molecule has 4 aliphatic rings. The highest BCUT2D eigenvalue weighted by Crippen LogP contribution is 2.45. The second kappa shape index (κ2) is 13.9. The summed E-state index contributed by atoms with van der Waals surface area (Å²) in [5.41, 5.74) is 3.35. The van der Waals surface area contributed by atoms with Crippen molar-refractivity contribution in [1.82, 2.24) is 40.1 Å². The number of aromatic amines is 2. The molecule has 1 amide bonds. The van der Waals surface area contributed by atoms with Crippen LogP contribution in [0.3, 0.4) is 0 Å². The normalized spacial score (nSPS) is 24.6. The number of fused-ring (bicyclic) bond motifs is 4. The van der Waals surface area contributed by atoms with Gasteiger partial charge >= 0.3 is 6.09 Å². The average molecular weight is 747 g/mol. The number of carbonyl (C=O) groups excluding carboxylic acids is 1. The highest BCUT2D eigenvalue weighted by atomic mass is 19.1. The molecule has 0 bridgehead atoms. The highest BCUT2D eigenvalue weighted by Gasteiger charge is 2.53. The fraction of sp³-hybridized carbons (Fsp3) is 0.390. The molecule has 12 nitrogen and oxygen atoms in total. The van der Waals surface area contributed by atoms with Crippen molar-refractivity contribution in [3.8, 4) is 0 Å². The summed E-state index contributed by atoms with van der Waals surface area (Å²) in [4.78, 5) is 43.7. The Morgan fingerprint density at radius 2 is 1.31 bits per heavy atom. The summed E-state index contributed by atoms with van der Waals surface area (Å²) in [5.74, 6) is 1.32. The number of hydrogen-bond donors (Lipinski definition) is 3. The van der Waals surface area contributed by atoms with E-state index < -0.39 is 5.60 Å². The number of nitrogens with zero attached hydrogens (tertiary/aromatic N) is 7. The maximum absolute atomic E-state index is 13.7. The van der Waals surface area contributed by atoms with Crippen LogP contribution in [0.1, 0.15) is 56.6 Å². The number of aromatic nitrogens is 6.